The summed E-state index contributed by atoms with van der Waals surface area (Å²) in [6, 6.07) is 15.5. The Labute approximate surface area is 203 Å². The topological polar surface area (TPSA) is 57.6 Å². The number of anilines is 1. The second-order valence-corrected chi connectivity index (χ2v) is 10.1. The molecule has 0 spiro atoms. The molecule has 0 saturated carbocycles. The van der Waals surface area contributed by atoms with Crippen LogP contribution in [0.4, 0.5) is 5.69 Å². The lowest BCUT2D eigenvalue weighted by Gasteiger charge is -2.24. The predicted molar refractivity (Wildman–Crippen MR) is 135 cm³/mol. The van der Waals surface area contributed by atoms with Gasteiger partial charge in [0.15, 0.2) is 11.4 Å². The van der Waals surface area contributed by atoms with Crippen molar-refractivity contribution in [2.24, 2.45) is 0 Å². The van der Waals surface area contributed by atoms with Crippen LogP contribution in [-0.2, 0) is 16.9 Å². The number of fused-ring (bicyclic) bond motifs is 1. The first-order chi connectivity index (χ1) is 15.5. The molecule has 1 unspecified atom stereocenters. The molecule has 33 heavy (non-hydrogen) atoms. The summed E-state index contributed by atoms with van der Waals surface area (Å²) >= 11 is 3.46. The number of Topliss-reactive ketones (excluding diaryl/α,β-unsaturated/α-hetero) is 1. The fourth-order valence-electron chi connectivity index (χ4n) is 4.93. The van der Waals surface area contributed by atoms with Crippen LogP contribution in [0.2, 0.25) is 0 Å². The summed E-state index contributed by atoms with van der Waals surface area (Å²) in [4.78, 5) is 28.7. The number of halogens is 1. The lowest BCUT2D eigenvalue weighted by Crippen LogP contribution is -2.41. The van der Waals surface area contributed by atoms with Crippen molar-refractivity contribution in [1.82, 2.24) is 0 Å². The molecule has 3 aromatic carbocycles. The van der Waals surface area contributed by atoms with Gasteiger partial charge in [0, 0.05) is 15.6 Å². The Morgan fingerprint density at radius 1 is 0.909 bits per heavy atom. The van der Waals surface area contributed by atoms with E-state index in [-0.39, 0.29) is 12.2 Å². The number of amides is 1. The van der Waals surface area contributed by atoms with Crippen molar-refractivity contribution in [3.8, 4) is 0 Å². The maximum absolute atomic E-state index is 13.7. The Hall–Kier alpha value is -2.76. The number of carbonyl (C=O) groups is 2. The summed E-state index contributed by atoms with van der Waals surface area (Å²) in [5.41, 5.74) is 5.73. The minimum Gasteiger partial charge on any atom is -0.375 e. The molecule has 0 aliphatic carbocycles. The zero-order chi connectivity index (χ0) is 24.1. The Bertz CT molecular complexity index is 1270. The smallest absolute Gasteiger partial charge is 0.264 e. The lowest BCUT2D eigenvalue weighted by atomic mass is 9.85. The molecule has 1 atom stereocenters. The molecule has 0 bridgehead atoms. The quantitative estimate of drug-likeness (QED) is 0.432. The Morgan fingerprint density at radius 2 is 1.58 bits per heavy atom. The van der Waals surface area contributed by atoms with Gasteiger partial charge in [0.05, 0.1) is 18.7 Å². The molecule has 1 heterocycles. The minimum atomic E-state index is -1.92. The van der Waals surface area contributed by atoms with Crippen LogP contribution >= 0.6 is 15.9 Å². The summed E-state index contributed by atoms with van der Waals surface area (Å²) in [6.45, 7) is 10.1. The molecule has 0 saturated heterocycles. The third-order valence-electron chi connectivity index (χ3n) is 6.50. The Kier molecular flexibility index (Phi) is 6.06. The highest BCUT2D eigenvalue weighted by atomic mass is 79.9. The van der Waals surface area contributed by atoms with Crippen LogP contribution in [0.25, 0.3) is 0 Å². The van der Waals surface area contributed by atoms with Crippen molar-refractivity contribution >= 4 is 33.3 Å². The van der Waals surface area contributed by atoms with E-state index in [0.29, 0.717) is 23.4 Å². The molecular formula is C28H28BrNO3. The van der Waals surface area contributed by atoms with E-state index in [0.717, 1.165) is 37.9 Å². The summed E-state index contributed by atoms with van der Waals surface area (Å²) in [5, 5.41) is 11.7. The molecule has 1 N–H and O–H groups in total. The van der Waals surface area contributed by atoms with Crippen molar-refractivity contribution in [3.63, 3.8) is 0 Å². The molecule has 4 nitrogen and oxygen atoms in total. The zero-order valence-electron chi connectivity index (χ0n) is 19.6. The van der Waals surface area contributed by atoms with E-state index < -0.39 is 11.5 Å². The number of hydrogen-bond donors (Lipinski definition) is 1. The van der Waals surface area contributed by atoms with Gasteiger partial charge in [-0.1, -0.05) is 57.4 Å². The number of carbonyl (C=O) groups excluding carboxylic acids is 2. The molecule has 0 fully saturated rings. The van der Waals surface area contributed by atoms with Gasteiger partial charge in [0.25, 0.3) is 5.91 Å². The summed E-state index contributed by atoms with van der Waals surface area (Å²) in [7, 11) is 0. The molecule has 1 aliphatic heterocycles. The summed E-state index contributed by atoms with van der Waals surface area (Å²) in [6.07, 6.45) is -0.302. The standard InChI is InChI=1S/C28H28BrNO3/c1-16-6-7-18(3)21(12-16)15-30-24-9-8-22(29)13-23(24)28(33,27(30)32)14-25(31)26-19(4)10-17(2)11-20(26)5/h6-13,33H,14-15H2,1-5H3. The van der Waals surface area contributed by atoms with Crippen molar-refractivity contribution in [2.45, 2.75) is 53.2 Å². The third kappa shape index (κ3) is 4.16. The summed E-state index contributed by atoms with van der Waals surface area (Å²) in [5.74, 6) is -0.701. The maximum Gasteiger partial charge on any atom is 0.264 e. The third-order valence-corrected chi connectivity index (χ3v) is 6.99. The van der Waals surface area contributed by atoms with Crippen LogP contribution < -0.4 is 4.90 Å². The molecule has 0 aromatic heterocycles. The number of ketones is 1. The molecule has 3 aromatic rings. The van der Waals surface area contributed by atoms with Gasteiger partial charge in [-0.15, -0.1) is 0 Å². The molecule has 1 amide bonds. The highest BCUT2D eigenvalue weighted by molar-refractivity contribution is 9.10. The van der Waals surface area contributed by atoms with Crippen molar-refractivity contribution in [2.75, 3.05) is 4.90 Å². The van der Waals surface area contributed by atoms with E-state index in [1.807, 2.05) is 71.0 Å². The van der Waals surface area contributed by atoms with Gasteiger partial charge in [-0.05, 0) is 75.1 Å². The molecular weight excluding hydrogens is 478 g/mol. The Morgan fingerprint density at radius 3 is 2.24 bits per heavy atom. The fraction of sp³-hybridized carbons (Fsp3) is 0.286. The number of aryl methyl sites for hydroxylation is 5. The van der Waals surface area contributed by atoms with E-state index in [9.17, 15) is 14.7 Å². The zero-order valence-corrected chi connectivity index (χ0v) is 21.2. The van der Waals surface area contributed by atoms with Crippen LogP contribution in [-0.4, -0.2) is 16.8 Å². The van der Waals surface area contributed by atoms with Crippen LogP contribution in [0.3, 0.4) is 0 Å². The van der Waals surface area contributed by atoms with Crippen LogP contribution in [0.5, 0.6) is 0 Å². The van der Waals surface area contributed by atoms with E-state index in [1.165, 1.54) is 0 Å². The van der Waals surface area contributed by atoms with E-state index >= 15 is 0 Å². The van der Waals surface area contributed by atoms with Crippen molar-refractivity contribution < 1.29 is 14.7 Å². The van der Waals surface area contributed by atoms with Gasteiger partial charge < -0.3 is 10.0 Å². The first kappa shape index (κ1) is 23.4. The van der Waals surface area contributed by atoms with Gasteiger partial charge in [-0.25, -0.2) is 0 Å². The average molecular weight is 506 g/mol. The molecule has 4 rings (SSSR count). The van der Waals surface area contributed by atoms with E-state index in [4.69, 9.17) is 0 Å². The minimum absolute atomic E-state index is 0.236. The van der Waals surface area contributed by atoms with Crippen LogP contribution in [0, 0.1) is 34.6 Å². The highest BCUT2D eigenvalue weighted by Crippen LogP contribution is 2.45. The number of nitrogens with zero attached hydrogens (tertiary/aromatic N) is 1. The molecule has 0 radical (unpaired) electrons. The fourth-order valence-corrected chi connectivity index (χ4v) is 5.29. The van der Waals surface area contributed by atoms with E-state index in [2.05, 4.69) is 22.0 Å². The highest BCUT2D eigenvalue weighted by Gasteiger charge is 2.51. The normalized spacial score (nSPS) is 17.4. The molecule has 1 aliphatic rings. The van der Waals surface area contributed by atoms with Crippen LogP contribution in [0.15, 0.2) is 53.0 Å². The van der Waals surface area contributed by atoms with Gasteiger partial charge in [-0.3, -0.25) is 9.59 Å². The largest absolute Gasteiger partial charge is 0.375 e. The first-order valence-corrected chi connectivity index (χ1v) is 11.8. The van der Waals surface area contributed by atoms with Gasteiger partial charge in [0.1, 0.15) is 0 Å². The second-order valence-electron chi connectivity index (χ2n) is 9.22. The van der Waals surface area contributed by atoms with Gasteiger partial charge in [0.2, 0.25) is 0 Å². The van der Waals surface area contributed by atoms with Crippen molar-refractivity contribution in [1.29, 1.82) is 0 Å². The van der Waals surface area contributed by atoms with Crippen LogP contribution in [0.1, 0.15) is 55.7 Å². The van der Waals surface area contributed by atoms with E-state index in [1.54, 1.807) is 11.0 Å². The average Bonchev–Trinajstić information content (AvgIpc) is 2.91. The first-order valence-electron chi connectivity index (χ1n) is 11.0. The molecule has 5 heteroatoms. The lowest BCUT2D eigenvalue weighted by molar-refractivity contribution is -0.136. The maximum atomic E-state index is 13.7. The Balaban J connectivity index is 1.76. The number of aliphatic hydroxyl groups is 1. The van der Waals surface area contributed by atoms with Gasteiger partial charge >= 0.3 is 0 Å². The predicted octanol–water partition coefficient (Wildman–Crippen LogP) is 6.00. The van der Waals surface area contributed by atoms with Gasteiger partial charge in [-0.2, -0.15) is 0 Å². The second kappa shape index (κ2) is 8.54. The number of benzene rings is 3. The number of hydrogen-bond acceptors (Lipinski definition) is 3. The molecule has 170 valence electrons. The summed E-state index contributed by atoms with van der Waals surface area (Å²) < 4.78 is 0.746. The monoisotopic (exact) mass is 505 g/mol. The van der Waals surface area contributed by atoms with Crippen molar-refractivity contribution in [3.05, 3.63) is 97.5 Å². The number of rotatable bonds is 5. The SMILES string of the molecule is Cc1cc(C)c(C(=O)CC2(O)C(=O)N(Cc3cc(C)ccc3C)c3ccc(Br)cc32)c(C)c1.